The number of hydrogen-bond donors (Lipinski definition) is 1. The van der Waals surface area contributed by atoms with Crippen LogP contribution in [0.15, 0.2) is 30.6 Å². The lowest BCUT2D eigenvalue weighted by atomic mass is 9.92. The van der Waals surface area contributed by atoms with Crippen LogP contribution in [0.3, 0.4) is 0 Å². The third-order valence-electron chi connectivity index (χ3n) is 4.17. The van der Waals surface area contributed by atoms with Gasteiger partial charge in [0.2, 0.25) is 0 Å². The van der Waals surface area contributed by atoms with E-state index in [0.717, 1.165) is 43.9 Å². The summed E-state index contributed by atoms with van der Waals surface area (Å²) >= 11 is 0. The van der Waals surface area contributed by atoms with E-state index in [2.05, 4.69) is 46.2 Å². The summed E-state index contributed by atoms with van der Waals surface area (Å²) in [6.07, 6.45) is 7.12. The van der Waals surface area contributed by atoms with Crippen molar-refractivity contribution < 1.29 is 4.74 Å². The zero-order valence-electron chi connectivity index (χ0n) is 12.8. The van der Waals surface area contributed by atoms with E-state index >= 15 is 0 Å². The Morgan fingerprint density at radius 2 is 2.33 bits per heavy atom. The van der Waals surface area contributed by atoms with Gasteiger partial charge in [0.1, 0.15) is 11.6 Å². The minimum Gasteiger partial charge on any atom is -0.497 e. The van der Waals surface area contributed by atoms with Gasteiger partial charge in [-0.3, -0.25) is 0 Å². The fourth-order valence-electron chi connectivity index (χ4n) is 3.08. The molecular formula is C17H23N3O. The highest BCUT2D eigenvalue weighted by Crippen LogP contribution is 2.29. The van der Waals surface area contributed by atoms with Gasteiger partial charge >= 0.3 is 0 Å². The standard InChI is InChI=1S/C17H23N3O/c1-3-9-20-10-8-19-17(20)12-16-15-11-14(21-2)5-4-13(15)6-7-18-16/h4-5,8,10-11,16,18H,3,6-7,9,12H2,1-2H3. The SMILES string of the molecule is CCCn1ccnc1CC1NCCc2ccc(OC)cc21. The Balaban J connectivity index is 1.85. The molecule has 0 fully saturated rings. The lowest BCUT2D eigenvalue weighted by Gasteiger charge is -2.27. The second kappa shape index (κ2) is 6.31. The zero-order valence-corrected chi connectivity index (χ0v) is 12.8. The first-order valence-corrected chi connectivity index (χ1v) is 7.72. The number of benzene rings is 1. The van der Waals surface area contributed by atoms with Crippen molar-refractivity contribution >= 4 is 0 Å². The van der Waals surface area contributed by atoms with Crippen molar-refractivity contribution in [3.63, 3.8) is 0 Å². The van der Waals surface area contributed by atoms with Gasteiger partial charge in [-0.1, -0.05) is 13.0 Å². The normalized spacial score (nSPS) is 17.5. The maximum absolute atomic E-state index is 5.38. The Kier molecular flexibility index (Phi) is 4.25. The number of aromatic nitrogens is 2. The molecule has 4 heteroatoms. The first kappa shape index (κ1) is 14.1. The fraction of sp³-hybridized carbons (Fsp3) is 0.471. The van der Waals surface area contributed by atoms with Crippen LogP contribution in [0.1, 0.15) is 36.3 Å². The van der Waals surface area contributed by atoms with Crippen LogP contribution in [0, 0.1) is 0 Å². The lowest BCUT2D eigenvalue weighted by Crippen LogP contribution is -2.32. The second-order valence-corrected chi connectivity index (χ2v) is 5.56. The Hall–Kier alpha value is -1.81. The molecule has 1 aliphatic rings. The summed E-state index contributed by atoms with van der Waals surface area (Å²) in [5, 5.41) is 3.63. The van der Waals surface area contributed by atoms with Crippen LogP contribution >= 0.6 is 0 Å². The first-order valence-electron chi connectivity index (χ1n) is 7.72. The van der Waals surface area contributed by atoms with Gasteiger partial charge in [-0.25, -0.2) is 4.98 Å². The van der Waals surface area contributed by atoms with Crippen molar-refractivity contribution in [3.8, 4) is 5.75 Å². The molecule has 0 bridgehead atoms. The van der Waals surface area contributed by atoms with Crippen LogP contribution < -0.4 is 10.1 Å². The molecule has 1 unspecified atom stereocenters. The minimum absolute atomic E-state index is 0.321. The molecule has 1 atom stereocenters. The minimum atomic E-state index is 0.321. The molecule has 0 amide bonds. The van der Waals surface area contributed by atoms with Gasteiger partial charge in [-0.15, -0.1) is 0 Å². The quantitative estimate of drug-likeness (QED) is 0.918. The molecule has 112 valence electrons. The maximum atomic E-state index is 5.38. The maximum Gasteiger partial charge on any atom is 0.119 e. The monoisotopic (exact) mass is 285 g/mol. The topological polar surface area (TPSA) is 39.1 Å². The summed E-state index contributed by atoms with van der Waals surface area (Å²) in [7, 11) is 1.72. The van der Waals surface area contributed by atoms with Crippen molar-refractivity contribution in [1.82, 2.24) is 14.9 Å². The van der Waals surface area contributed by atoms with Crippen molar-refractivity contribution in [1.29, 1.82) is 0 Å². The van der Waals surface area contributed by atoms with Crippen molar-refractivity contribution in [2.75, 3.05) is 13.7 Å². The van der Waals surface area contributed by atoms with Crippen LogP contribution in [-0.4, -0.2) is 23.2 Å². The number of rotatable bonds is 5. The van der Waals surface area contributed by atoms with Gasteiger partial charge in [0, 0.05) is 31.4 Å². The molecule has 3 rings (SSSR count). The van der Waals surface area contributed by atoms with Crippen LogP contribution in [0.25, 0.3) is 0 Å². The summed E-state index contributed by atoms with van der Waals surface area (Å²) in [5.74, 6) is 2.09. The molecule has 0 aliphatic carbocycles. The van der Waals surface area contributed by atoms with Crippen LogP contribution in [0.2, 0.25) is 0 Å². The highest BCUT2D eigenvalue weighted by molar-refractivity contribution is 5.39. The Morgan fingerprint density at radius 3 is 3.14 bits per heavy atom. The van der Waals surface area contributed by atoms with Gasteiger partial charge in [0.15, 0.2) is 0 Å². The first-order chi connectivity index (χ1) is 10.3. The molecule has 0 saturated carbocycles. The molecular weight excluding hydrogens is 262 g/mol. The third-order valence-corrected chi connectivity index (χ3v) is 4.17. The van der Waals surface area contributed by atoms with Gasteiger partial charge < -0.3 is 14.6 Å². The van der Waals surface area contributed by atoms with Crippen molar-refractivity contribution in [2.24, 2.45) is 0 Å². The van der Waals surface area contributed by atoms with E-state index in [1.807, 2.05) is 6.20 Å². The van der Waals surface area contributed by atoms with Gasteiger partial charge in [-0.05, 0) is 42.6 Å². The lowest BCUT2D eigenvalue weighted by molar-refractivity contribution is 0.410. The van der Waals surface area contributed by atoms with Gasteiger partial charge in [-0.2, -0.15) is 0 Å². The largest absolute Gasteiger partial charge is 0.497 e. The number of imidazole rings is 1. The van der Waals surface area contributed by atoms with Crippen LogP contribution in [-0.2, 0) is 19.4 Å². The molecule has 0 saturated heterocycles. The number of fused-ring (bicyclic) bond motifs is 1. The molecule has 1 aliphatic heterocycles. The number of hydrogen-bond acceptors (Lipinski definition) is 3. The van der Waals surface area contributed by atoms with E-state index < -0.39 is 0 Å². The molecule has 1 aromatic carbocycles. The second-order valence-electron chi connectivity index (χ2n) is 5.56. The summed E-state index contributed by atoms with van der Waals surface area (Å²) in [4.78, 5) is 4.54. The van der Waals surface area contributed by atoms with E-state index in [1.54, 1.807) is 7.11 Å². The van der Waals surface area contributed by atoms with E-state index in [9.17, 15) is 0 Å². The Labute approximate surface area is 126 Å². The summed E-state index contributed by atoms with van der Waals surface area (Å²) < 4.78 is 7.64. The number of nitrogens with one attached hydrogen (secondary N) is 1. The number of ether oxygens (including phenoxy) is 1. The Morgan fingerprint density at radius 1 is 1.43 bits per heavy atom. The summed E-state index contributed by atoms with van der Waals surface area (Å²) in [5.41, 5.74) is 2.78. The van der Waals surface area contributed by atoms with E-state index in [-0.39, 0.29) is 0 Å². The molecule has 4 nitrogen and oxygen atoms in total. The Bertz CT molecular complexity index is 606. The molecule has 2 heterocycles. The molecule has 1 aromatic heterocycles. The molecule has 21 heavy (non-hydrogen) atoms. The zero-order chi connectivity index (χ0) is 14.7. The van der Waals surface area contributed by atoms with Crippen LogP contribution in [0.4, 0.5) is 0 Å². The predicted octanol–water partition coefficient (Wildman–Crippen LogP) is 2.73. The summed E-state index contributed by atoms with van der Waals surface area (Å²) in [6.45, 7) is 4.26. The average molecular weight is 285 g/mol. The highest BCUT2D eigenvalue weighted by Gasteiger charge is 2.22. The van der Waals surface area contributed by atoms with E-state index in [0.29, 0.717) is 6.04 Å². The van der Waals surface area contributed by atoms with Crippen LogP contribution in [0.5, 0.6) is 5.75 Å². The molecule has 0 spiro atoms. The van der Waals surface area contributed by atoms with E-state index in [4.69, 9.17) is 4.74 Å². The smallest absolute Gasteiger partial charge is 0.119 e. The van der Waals surface area contributed by atoms with Gasteiger partial charge in [0.25, 0.3) is 0 Å². The third kappa shape index (κ3) is 2.95. The average Bonchev–Trinajstić information content (AvgIpc) is 2.95. The van der Waals surface area contributed by atoms with E-state index in [1.165, 1.54) is 11.1 Å². The summed E-state index contributed by atoms with van der Waals surface area (Å²) in [6, 6.07) is 6.74. The van der Waals surface area contributed by atoms with Gasteiger partial charge in [0.05, 0.1) is 7.11 Å². The van der Waals surface area contributed by atoms with Crippen molar-refractivity contribution in [3.05, 3.63) is 47.5 Å². The molecule has 1 N–H and O–H groups in total. The number of methoxy groups -OCH3 is 1. The number of nitrogens with zero attached hydrogens (tertiary/aromatic N) is 2. The molecule has 0 radical (unpaired) electrons. The number of aryl methyl sites for hydroxylation is 1. The van der Waals surface area contributed by atoms with Crippen molar-refractivity contribution in [2.45, 2.75) is 38.8 Å². The molecule has 2 aromatic rings. The highest BCUT2D eigenvalue weighted by atomic mass is 16.5. The fourth-order valence-corrected chi connectivity index (χ4v) is 3.08. The predicted molar refractivity (Wildman–Crippen MR) is 83.7 cm³/mol.